The third-order valence-electron chi connectivity index (χ3n) is 12.6. The molecule has 2 aliphatic heterocycles. The minimum Gasteiger partial charge on any atom is -0.508 e. The summed E-state index contributed by atoms with van der Waals surface area (Å²) >= 11 is 0. The van der Waals surface area contributed by atoms with E-state index in [1.807, 2.05) is 0 Å². The lowest BCUT2D eigenvalue weighted by atomic mass is 10.0. The largest absolute Gasteiger partial charge is 0.508 e. The number of phenolic OH excluding ortho intramolecular Hbond substituents is 1. The fraction of sp³-hybridized carbons (Fsp3) is 0.431. The first kappa shape index (κ1) is 60.9. The van der Waals surface area contributed by atoms with Crippen molar-refractivity contribution in [3.63, 3.8) is 0 Å². The van der Waals surface area contributed by atoms with Crippen LogP contribution in [0.25, 0.3) is 0 Å². The maximum absolute atomic E-state index is 14.7. The van der Waals surface area contributed by atoms with Crippen LogP contribution in [0.4, 0.5) is 0 Å². The second kappa shape index (κ2) is 30.7. The van der Waals surface area contributed by atoms with Crippen molar-refractivity contribution in [1.82, 2.24) is 42.1 Å². The summed E-state index contributed by atoms with van der Waals surface area (Å²) in [4.78, 5) is 141. The number of carbonyl (C=O) groups is 10. The van der Waals surface area contributed by atoms with Gasteiger partial charge in [-0.3, -0.25) is 52.9 Å². The molecule has 0 radical (unpaired) electrons. The molecule has 3 aromatic rings. The van der Waals surface area contributed by atoms with E-state index in [0.29, 0.717) is 23.1 Å². The van der Waals surface area contributed by atoms with Crippen LogP contribution in [-0.2, 0) is 67.2 Å². The van der Waals surface area contributed by atoms with Crippen molar-refractivity contribution in [2.45, 2.75) is 106 Å². The lowest BCUT2D eigenvalue weighted by Gasteiger charge is -2.31. The molecule has 0 unspecified atom stereocenters. The molecule has 27 heteroatoms. The summed E-state index contributed by atoms with van der Waals surface area (Å²) in [6.45, 7) is -0.469. The molecule has 0 bridgehead atoms. The van der Waals surface area contributed by atoms with E-state index in [1.54, 1.807) is 72.8 Å². The molecule has 0 spiro atoms. The van der Waals surface area contributed by atoms with Gasteiger partial charge in [0.15, 0.2) is 5.96 Å². The van der Waals surface area contributed by atoms with Gasteiger partial charge in [0.25, 0.3) is 0 Å². The summed E-state index contributed by atoms with van der Waals surface area (Å²) in [6.07, 6.45) is -0.0410. The first-order chi connectivity index (χ1) is 37.3. The zero-order valence-corrected chi connectivity index (χ0v) is 44.4. The number of nitrogens with zero attached hydrogens (tertiary/aromatic N) is 2. The second-order valence-corrected chi connectivity index (χ2v) is 21.2. The summed E-state index contributed by atoms with van der Waals surface area (Å²) in [6, 6.07) is 13.5. The summed E-state index contributed by atoms with van der Waals surface area (Å²) < 4.78 is 0. The quantitative estimate of drug-likeness (QED) is 0.0194. The van der Waals surface area contributed by atoms with E-state index in [2.05, 4.69) is 42.2 Å². The molecule has 2 saturated heterocycles. The molecule has 25 nitrogen and oxygen atoms in total. The molecular formula is C51H68N14O11S2. The Morgan fingerprint density at radius 3 is 1.97 bits per heavy atom. The van der Waals surface area contributed by atoms with Crippen molar-refractivity contribution in [2.75, 3.05) is 31.1 Å². The molecule has 2 fully saturated rings. The van der Waals surface area contributed by atoms with Crippen LogP contribution < -0.4 is 65.9 Å². The van der Waals surface area contributed by atoms with E-state index in [0.717, 1.165) is 21.6 Å². The number of hydrogen-bond acceptors (Lipinski definition) is 15. The van der Waals surface area contributed by atoms with E-state index < -0.39 is 114 Å². The van der Waals surface area contributed by atoms with Crippen molar-refractivity contribution in [3.05, 3.63) is 102 Å². The highest BCUT2D eigenvalue weighted by atomic mass is 33.1. The van der Waals surface area contributed by atoms with Gasteiger partial charge < -0.3 is 75.9 Å². The van der Waals surface area contributed by atoms with Crippen LogP contribution in [0.2, 0.25) is 0 Å². The van der Waals surface area contributed by atoms with Gasteiger partial charge in [-0.1, -0.05) is 94.4 Å². The topological polar surface area (TPSA) is 421 Å². The molecule has 10 amide bonds. The van der Waals surface area contributed by atoms with E-state index in [4.69, 9.17) is 28.7 Å². The third kappa shape index (κ3) is 19.9. The third-order valence-corrected chi connectivity index (χ3v) is 15.0. The predicted octanol–water partition coefficient (Wildman–Crippen LogP) is -3.04. The maximum atomic E-state index is 14.7. The number of aliphatic imine (C=N–C) groups is 1. The van der Waals surface area contributed by atoms with Crippen LogP contribution in [-0.4, -0.2) is 155 Å². The second-order valence-electron chi connectivity index (χ2n) is 18.6. The van der Waals surface area contributed by atoms with Crippen LogP contribution >= 0.6 is 21.6 Å². The van der Waals surface area contributed by atoms with Gasteiger partial charge in [-0.05, 0) is 67.3 Å². The van der Waals surface area contributed by atoms with Crippen LogP contribution in [0, 0.1) is 0 Å². The van der Waals surface area contributed by atoms with Crippen LogP contribution in [0.1, 0.15) is 55.2 Å². The monoisotopic (exact) mass is 1120 g/mol. The Kier molecular flexibility index (Phi) is 24.0. The van der Waals surface area contributed by atoms with Crippen molar-refractivity contribution in [2.24, 2.45) is 33.7 Å². The molecular weight excluding hydrogens is 1050 g/mol. The molecule has 2 aliphatic rings. The SMILES string of the molecule is NC(=O)CC[C@H](NC(=O)[C@@H]1CCCN1C(=O)[C@H]1CSSC[C@H](NC(=O)[C@@H](N)Cc2ccc(O)cc2)C(=O)NCC(=O)N[C@@H](Cc2ccccc2)C(=O)N1)C(=O)N[C@@H](CCCN=C(N)N)C(=O)N[C@@H](Cc1ccccc1)C(N)=O. The lowest BCUT2D eigenvalue weighted by molar-refractivity contribution is -0.142. The Balaban J connectivity index is 1.35. The van der Waals surface area contributed by atoms with Crippen molar-refractivity contribution < 1.29 is 53.1 Å². The number of nitrogens with one attached hydrogen (secondary N) is 7. The average molecular weight is 1120 g/mol. The number of nitrogens with two attached hydrogens (primary N) is 5. The van der Waals surface area contributed by atoms with Crippen LogP contribution in [0.5, 0.6) is 5.75 Å². The highest BCUT2D eigenvalue weighted by Gasteiger charge is 2.40. The number of aromatic hydroxyl groups is 1. The average Bonchev–Trinajstić information content (AvgIpc) is 3.92. The van der Waals surface area contributed by atoms with Gasteiger partial charge in [0.2, 0.25) is 59.1 Å². The van der Waals surface area contributed by atoms with Gasteiger partial charge in [0.1, 0.15) is 48.0 Å². The molecule has 2 heterocycles. The van der Waals surface area contributed by atoms with Crippen LogP contribution in [0.15, 0.2) is 89.9 Å². The van der Waals surface area contributed by atoms with E-state index in [9.17, 15) is 53.1 Å². The zero-order chi connectivity index (χ0) is 56.7. The molecule has 0 aliphatic carbocycles. The summed E-state index contributed by atoms with van der Waals surface area (Å²) in [7, 11) is 2.17. The number of primary amides is 2. The Labute approximate surface area is 458 Å². The number of benzene rings is 3. The highest BCUT2D eigenvalue weighted by Crippen LogP contribution is 2.26. The normalized spacial score (nSPS) is 19.6. The number of rotatable bonds is 23. The van der Waals surface area contributed by atoms with Gasteiger partial charge in [0.05, 0.1) is 12.6 Å². The number of likely N-dealkylation sites (tertiary alicyclic amines) is 1. The number of phenols is 1. The number of amides is 10. The molecule has 3 aromatic carbocycles. The number of guanidine groups is 1. The van der Waals surface area contributed by atoms with E-state index in [-0.39, 0.29) is 87.7 Å². The first-order valence-corrected chi connectivity index (χ1v) is 27.6. The smallest absolute Gasteiger partial charge is 0.246 e. The highest BCUT2D eigenvalue weighted by molar-refractivity contribution is 8.76. The summed E-state index contributed by atoms with van der Waals surface area (Å²) in [5.41, 5.74) is 30.3. The van der Waals surface area contributed by atoms with Gasteiger partial charge in [-0.25, -0.2) is 0 Å². The minimum atomic E-state index is -1.48. The fourth-order valence-corrected chi connectivity index (χ4v) is 10.7. The Bertz CT molecular complexity index is 2610. The van der Waals surface area contributed by atoms with Crippen molar-refractivity contribution in [3.8, 4) is 5.75 Å². The molecule has 18 N–H and O–H groups in total. The summed E-state index contributed by atoms with van der Waals surface area (Å²) in [5, 5.41) is 28.1. The Morgan fingerprint density at radius 2 is 1.33 bits per heavy atom. The van der Waals surface area contributed by atoms with Gasteiger partial charge in [0, 0.05) is 43.9 Å². The Hall–Kier alpha value is -7.91. The fourth-order valence-electron chi connectivity index (χ4n) is 8.43. The summed E-state index contributed by atoms with van der Waals surface area (Å²) in [5.74, 6) is -8.10. The Morgan fingerprint density at radius 1 is 0.718 bits per heavy atom. The van der Waals surface area contributed by atoms with Crippen molar-refractivity contribution in [1.29, 1.82) is 0 Å². The van der Waals surface area contributed by atoms with Gasteiger partial charge in [-0.15, -0.1) is 0 Å². The minimum absolute atomic E-state index is 0.0194. The van der Waals surface area contributed by atoms with Gasteiger partial charge >= 0.3 is 0 Å². The van der Waals surface area contributed by atoms with Gasteiger partial charge in [-0.2, -0.15) is 0 Å². The first-order valence-electron chi connectivity index (χ1n) is 25.2. The van der Waals surface area contributed by atoms with Crippen molar-refractivity contribution >= 4 is 86.6 Å². The van der Waals surface area contributed by atoms with E-state index >= 15 is 0 Å². The molecule has 0 saturated carbocycles. The number of hydrogen-bond donors (Lipinski definition) is 13. The van der Waals surface area contributed by atoms with E-state index in [1.165, 1.54) is 17.0 Å². The molecule has 0 aromatic heterocycles. The van der Waals surface area contributed by atoms with Crippen LogP contribution in [0.3, 0.4) is 0 Å². The lowest BCUT2D eigenvalue weighted by Crippen LogP contribution is -2.60. The predicted molar refractivity (Wildman–Crippen MR) is 292 cm³/mol. The standard InChI is InChI=1S/C51H68N14O11S2/c52-33(23-31-15-17-32(66)18-16-31)44(70)63-38-27-77-78-28-39(64-48(74)37(25-30-11-5-2-6-12-30)59-42(68)26-58-45(38)71)50(76)65-22-8-14-40(65)49(75)61-35(19-20-41(53)67)47(73)60-34(13-7-21-57-51(55)56)46(72)62-36(43(54)69)24-29-9-3-1-4-10-29/h1-6,9-12,15-18,33-40,66H,7-8,13-14,19-28,52H2,(H2,53,67)(H2,54,69)(H,58,71)(H,59,68)(H,60,73)(H,61,75)(H,62,72)(H,63,70)(H,64,74)(H4,55,56,57)/t33-,34-,35-,36-,37-,38-,39+,40-/m0/s1. The molecule has 5 rings (SSSR count). The molecule has 420 valence electrons. The molecule has 8 atom stereocenters. The maximum Gasteiger partial charge on any atom is 0.246 e. The zero-order valence-electron chi connectivity index (χ0n) is 42.7. The molecule has 78 heavy (non-hydrogen) atoms. The number of carbonyl (C=O) groups excluding carboxylic acids is 10.